The van der Waals surface area contributed by atoms with Crippen LogP contribution >= 0.6 is 0 Å². The Hall–Kier alpha value is -1.53. The molecule has 2 bridgehead atoms. The van der Waals surface area contributed by atoms with Gasteiger partial charge < -0.3 is 10.0 Å². The van der Waals surface area contributed by atoms with Crippen LogP contribution in [0.2, 0.25) is 0 Å². The fourth-order valence-corrected chi connectivity index (χ4v) is 3.33. The predicted octanol–water partition coefficient (Wildman–Crippen LogP) is 2.40. The van der Waals surface area contributed by atoms with Gasteiger partial charge in [0, 0.05) is 6.04 Å². The zero-order valence-corrected chi connectivity index (χ0v) is 9.76. The molecule has 1 aromatic carbocycles. The third-order valence-electron chi connectivity index (χ3n) is 4.09. The molecule has 0 radical (unpaired) electrons. The van der Waals surface area contributed by atoms with E-state index < -0.39 is 5.72 Å². The topological polar surface area (TPSA) is 47.3 Å². The Kier molecular flexibility index (Phi) is 2.34. The first-order valence-electron chi connectivity index (χ1n) is 6.25. The Balaban J connectivity index is 2.07. The van der Waals surface area contributed by atoms with Crippen molar-refractivity contribution in [1.82, 2.24) is 0 Å². The van der Waals surface area contributed by atoms with Gasteiger partial charge in [-0.2, -0.15) is 5.26 Å². The molecule has 17 heavy (non-hydrogen) atoms. The number of anilines is 1. The summed E-state index contributed by atoms with van der Waals surface area (Å²) in [7, 11) is 0. The van der Waals surface area contributed by atoms with Crippen LogP contribution in [0.3, 0.4) is 0 Å². The molecule has 2 atom stereocenters. The summed E-state index contributed by atoms with van der Waals surface area (Å²) in [5.74, 6) is 0. The monoisotopic (exact) mass is 228 g/mol. The lowest BCUT2D eigenvalue weighted by Crippen LogP contribution is -2.50. The van der Waals surface area contributed by atoms with Gasteiger partial charge in [-0.3, -0.25) is 0 Å². The van der Waals surface area contributed by atoms with Crippen LogP contribution in [0.15, 0.2) is 24.3 Å². The predicted molar refractivity (Wildman–Crippen MR) is 65.5 cm³/mol. The fourth-order valence-electron chi connectivity index (χ4n) is 3.33. The van der Waals surface area contributed by atoms with Crippen molar-refractivity contribution in [1.29, 1.82) is 5.26 Å². The van der Waals surface area contributed by atoms with Crippen molar-refractivity contribution in [2.75, 3.05) is 4.90 Å². The highest BCUT2D eigenvalue weighted by atomic mass is 16.3. The van der Waals surface area contributed by atoms with Gasteiger partial charge in [0.15, 0.2) is 0 Å². The average Bonchev–Trinajstić information content (AvgIpc) is 2.54. The van der Waals surface area contributed by atoms with Crippen LogP contribution in [0.4, 0.5) is 5.69 Å². The van der Waals surface area contributed by atoms with Crippen molar-refractivity contribution in [3.8, 4) is 6.07 Å². The van der Waals surface area contributed by atoms with Gasteiger partial charge in [0.2, 0.25) is 0 Å². The zero-order valence-electron chi connectivity index (χ0n) is 9.76. The minimum atomic E-state index is -0.712. The largest absolute Gasteiger partial charge is 0.371 e. The van der Waals surface area contributed by atoms with Crippen molar-refractivity contribution in [2.45, 2.75) is 43.9 Å². The number of nitrogens with zero attached hydrogens (tertiary/aromatic N) is 2. The lowest BCUT2D eigenvalue weighted by molar-refractivity contribution is 0.0279. The molecule has 3 rings (SSSR count). The van der Waals surface area contributed by atoms with Crippen molar-refractivity contribution in [3.63, 3.8) is 0 Å². The summed E-state index contributed by atoms with van der Waals surface area (Å²) in [5.41, 5.74) is 0.856. The quantitative estimate of drug-likeness (QED) is 0.803. The number of hydrogen-bond donors (Lipinski definition) is 1. The minimum absolute atomic E-state index is 0.406. The average molecular weight is 228 g/mol. The first-order chi connectivity index (χ1) is 8.24. The third-order valence-corrected chi connectivity index (χ3v) is 4.09. The van der Waals surface area contributed by atoms with Gasteiger partial charge in [0.1, 0.15) is 11.8 Å². The molecule has 0 amide bonds. The molecule has 2 unspecified atom stereocenters. The van der Waals surface area contributed by atoms with Crippen LogP contribution in [0.5, 0.6) is 0 Å². The van der Waals surface area contributed by atoms with Gasteiger partial charge in [-0.15, -0.1) is 0 Å². The van der Waals surface area contributed by atoms with E-state index in [1.165, 1.54) is 0 Å². The van der Waals surface area contributed by atoms with E-state index in [9.17, 15) is 5.11 Å². The molecule has 2 saturated heterocycles. The number of piperidine rings is 1. The lowest BCUT2D eigenvalue weighted by atomic mass is 9.97. The summed E-state index contributed by atoms with van der Waals surface area (Å²) in [6.07, 6.45) is 4.91. The molecule has 88 valence electrons. The Morgan fingerprint density at radius 2 is 2.12 bits per heavy atom. The molecule has 3 nitrogen and oxygen atoms in total. The SMILES string of the molecule is N#Cc1ccccc1N1C2CCCC1(O)CC2. The maximum absolute atomic E-state index is 10.7. The van der Waals surface area contributed by atoms with Gasteiger partial charge in [-0.05, 0) is 44.2 Å². The number of aliphatic hydroxyl groups is 1. The first-order valence-corrected chi connectivity index (χ1v) is 6.25. The molecule has 2 aliphatic rings. The van der Waals surface area contributed by atoms with E-state index in [1.807, 2.05) is 24.3 Å². The summed E-state index contributed by atoms with van der Waals surface area (Å²) in [6, 6.07) is 10.2. The van der Waals surface area contributed by atoms with E-state index in [2.05, 4.69) is 11.0 Å². The fraction of sp³-hybridized carbons (Fsp3) is 0.500. The molecule has 0 saturated carbocycles. The minimum Gasteiger partial charge on any atom is -0.371 e. The van der Waals surface area contributed by atoms with Crippen molar-refractivity contribution >= 4 is 5.69 Å². The van der Waals surface area contributed by atoms with E-state index in [0.29, 0.717) is 11.6 Å². The Morgan fingerprint density at radius 1 is 1.29 bits per heavy atom. The maximum atomic E-state index is 10.7. The highest BCUT2D eigenvalue weighted by molar-refractivity contribution is 5.62. The van der Waals surface area contributed by atoms with E-state index in [1.54, 1.807) is 0 Å². The second kappa shape index (κ2) is 3.75. The van der Waals surface area contributed by atoms with E-state index in [-0.39, 0.29) is 0 Å². The number of nitriles is 1. The molecule has 0 aromatic heterocycles. The number of rotatable bonds is 1. The van der Waals surface area contributed by atoms with Gasteiger partial charge in [0.05, 0.1) is 11.3 Å². The van der Waals surface area contributed by atoms with Gasteiger partial charge in [-0.25, -0.2) is 0 Å². The summed E-state index contributed by atoms with van der Waals surface area (Å²) < 4.78 is 0. The Morgan fingerprint density at radius 3 is 2.88 bits per heavy atom. The first kappa shape index (κ1) is 10.6. The molecule has 3 heteroatoms. The highest BCUT2D eigenvalue weighted by Gasteiger charge is 2.47. The Labute approximate surface area is 101 Å². The van der Waals surface area contributed by atoms with Crippen molar-refractivity contribution in [2.24, 2.45) is 0 Å². The highest BCUT2D eigenvalue weighted by Crippen LogP contribution is 2.45. The summed E-state index contributed by atoms with van der Waals surface area (Å²) >= 11 is 0. The van der Waals surface area contributed by atoms with Crippen LogP contribution in [-0.4, -0.2) is 16.9 Å². The third kappa shape index (κ3) is 1.52. The molecular weight excluding hydrogens is 212 g/mol. The normalized spacial score (nSPS) is 31.3. The maximum Gasteiger partial charge on any atom is 0.138 e. The standard InChI is InChI=1S/C14H16N2O/c15-10-11-4-1-2-6-13(11)16-12-5-3-8-14(16,17)9-7-12/h1-2,4,6,12,17H,3,5,7-9H2. The van der Waals surface area contributed by atoms with E-state index in [4.69, 9.17) is 5.26 Å². The number of fused-ring (bicyclic) bond motifs is 2. The van der Waals surface area contributed by atoms with Gasteiger partial charge in [0.25, 0.3) is 0 Å². The lowest BCUT2D eigenvalue weighted by Gasteiger charge is -2.43. The molecule has 0 spiro atoms. The summed E-state index contributed by atoms with van der Waals surface area (Å²) in [4.78, 5) is 2.09. The molecule has 2 heterocycles. The number of benzene rings is 1. The van der Waals surface area contributed by atoms with Crippen molar-refractivity contribution in [3.05, 3.63) is 29.8 Å². The molecule has 1 N–H and O–H groups in total. The van der Waals surface area contributed by atoms with Crippen LogP contribution < -0.4 is 4.90 Å². The van der Waals surface area contributed by atoms with E-state index >= 15 is 0 Å². The molecular formula is C14H16N2O. The van der Waals surface area contributed by atoms with Gasteiger partial charge in [-0.1, -0.05) is 12.1 Å². The zero-order chi connectivity index (χ0) is 11.9. The smallest absolute Gasteiger partial charge is 0.138 e. The Bertz CT molecular complexity index is 475. The molecule has 2 fully saturated rings. The molecule has 2 aliphatic heterocycles. The molecule has 0 aliphatic carbocycles. The van der Waals surface area contributed by atoms with Crippen LogP contribution in [-0.2, 0) is 0 Å². The number of hydrogen-bond acceptors (Lipinski definition) is 3. The number of para-hydroxylation sites is 1. The van der Waals surface area contributed by atoms with Crippen LogP contribution in [0, 0.1) is 11.3 Å². The van der Waals surface area contributed by atoms with Gasteiger partial charge >= 0.3 is 0 Å². The second-order valence-electron chi connectivity index (χ2n) is 5.07. The summed E-state index contributed by atoms with van der Waals surface area (Å²) in [6.45, 7) is 0. The van der Waals surface area contributed by atoms with Crippen LogP contribution in [0.25, 0.3) is 0 Å². The van der Waals surface area contributed by atoms with Crippen molar-refractivity contribution < 1.29 is 5.11 Å². The van der Waals surface area contributed by atoms with Crippen LogP contribution in [0.1, 0.15) is 37.7 Å². The second-order valence-corrected chi connectivity index (χ2v) is 5.07. The van der Waals surface area contributed by atoms with E-state index in [0.717, 1.165) is 37.8 Å². The summed E-state index contributed by atoms with van der Waals surface area (Å²) in [5, 5.41) is 19.8. The molecule has 1 aromatic rings.